The zero-order valence-electron chi connectivity index (χ0n) is 18.5. The van der Waals surface area contributed by atoms with Crippen LogP contribution in [0, 0.1) is 13.8 Å². The standard InChI is InChI=1S/C14H12ClNO.C14H13NO/c1-10-2-8-13(9-3-10)16-14(17)11-4-6-12(15)7-5-11;1-11-7-9-13(10-8-11)15-14(16)12-5-3-2-4-6-12/h2-9H,1H3,(H,16,17);2-10H,1H3,(H,15,16). The third-order valence-electron chi connectivity index (χ3n) is 4.76. The van der Waals surface area contributed by atoms with Gasteiger partial charge in [0.2, 0.25) is 0 Å². The van der Waals surface area contributed by atoms with E-state index in [1.165, 1.54) is 5.56 Å². The van der Waals surface area contributed by atoms with Crippen LogP contribution in [0.25, 0.3) is 0 Å². The fraction of sp³-hybridized carbons (Fsp3) is 0.0714. The molecule has 0 bridgehead atoms. The number of hydrogen-bond acceptors (Lipinski definition) is 2. The number of halogens is 1. The Morgan fingerprint density at radius 3 is 1.36 bits per heavy atom. The summed E-state index contributed by atoms with van der Waals surface area (Å²) in [6, 6.07) is 31.4. The van der Waals surface area contributed by atoms with Crippen molar-refractivity contribution in [3.05, 3.63) is 130 Å². The summed E-state index contributed by atoms with van der Waals surface area (Å²) in [5.74, 6) is -0.213. The van der Waals surface area contributed by atoms with Crippen molar-refractivity contribution in [2.75, 3.05) is 10.6 Å². The second kappa shape index (κ2) is 11.7. The lowest BCUT2D eigenvalue weighted by atomic mass is 10.2. The van der Waals surface area contributed by atoms with Crippen molar-refractivity contribution >= 4 is 34.8 Å². The van der Waals surface area contributed by atoms with Gasteiger partial charge in [0.05, 0.1) is 0 Å². The van der Waals surface area contributed by atoms with Gasteiger partial charge in [0.1, 0.15) is 0 Å². The molecule has 0 saturated heterocycles. The molecule has 0 radical (unpaired) electrons. The maximum Gasteiger partial charge on any atom is 0.255 e. The molecule has 0 spiro atoms. The van der Waals surface area contributed by atoms with E-state index >= 15 is 0 Å². The number of aryl methyl sites for hydroxylation is 2. The monoisotopic (exact) mass is 456 g/mol. The van der Waals surface area contributed by atoms with Crippen LogP contribution in [0.15, 0.2) is 103 Å². The number of hydrogen-bond donors (Lipinski definition) is 2. The lowest BCUT2D eigenvalue weighted by Crippen LogP contribution is -2.11. The summed E-state index contributed by atoms with van der Waals surface area (Å²) in [5.41, 5.74) is 5.21. The van der Waals surface area contributed by atoms with Gasteiger partial charge in [0, 0.05) is 27.5 Å². The topological polar surface area (TPSA) is 58.2 Å². The number of carbonyl (C=O) groups excluding carboxylic acids is 2. The summed E-state index contributed by atoms with van der Waals surface area (Å²) >= 11 is 5.76. The van der Waals surface area contributed by atoms with Gasteiger partial charge in [-0.3, -0.25) is 9.59 Å². The Balaban J connectivity index is 0.000000186. The summed E-state index contributed by atoms with van der Waals surface area (Å²) in [7, 11) is 0. The molecule has 4 nitrogen and oxygen atoms in total. The zero-order valence-corrected chi connectivity index (χ0v) is 19.3. The lowest BCUT2D eigenvalue weighted by Gasteiger charge is -2.05. The average molecular weight is 457 g/mol. The number of anilines is 2. The van der Waals surface area contributed by atoms with Crippen LogP contribution in [0.1, 0.15) is 31.8 Å². The number of rotatable bonds is 4. The Morgan fingerprint density at radius 2 is 0.939 bits per heavy atom. The van der Waals surface area contributed by atoms with Crippen LogP contribution in [0.3, 0.4) is 0 Å². The van der Waals surface area contributed by atoms with Gasteiger partial charge in [0.25, 0.3) is 11.8 Å². The first-order chi connectivity index (χ1) is 15.9. The van der Waals surface area contributed by atoms with Gasteiger partial charge < -0.3 is 10.6 Å². The highest BCUT2D eigenvalue weighted by Gasteiger charge is 2.05. The molecule has 0 aliphatic heterocycles. The van der Waals surface area contributed by atoms with E-state index in [1.54, 1.807) is 36.4 Å². The highest BCUT2D eigenvalue weighted by Crippen LogP contribution is 2.13. The molecular formula is C28H25ClN2O2. The van der Waals surface area contributed by atoms with E-state index in [-0.39, 0.29) is 11.8 Å². The van der Waals surface area contributed by atoms with Gasteiger partial charge in [-0.25, -0.2) is 0 Å². The molecule has 0 fully saturated rings. The Hall–Kier alpha value is -3.89. The van der Waals surface area contributed by atoms with Crippen LogP contribution >= 0.6 is 11.6 Å². The predicted molar refractivity (Wildman–Crippen MR) is 136 cm³/mol. The second-order valence-electron chi connectivity index (χ2n) is 7.51. The van der Waals surface area contributed by atoms with E-state index in [0.29, 0.717) is 16.1 Å². The summed E-state index contributed by atoms with van der Waals surface area (Å²) in [6.45, 7) is 4.02. The third kappa shape index (κ3) is 7.63. The molecule has 0 atom stereocenters. The van der Waals surface area contributed by atoms with E-state index in [4.69, 9.17) is 11.6 Å². The van der Waals surface area contributed by atoms with Gasteiger partial charge >= 0.3 is 0 Å². The summed E-state index contributed by atoms with van der Waals surface area (Å²) < 4.78 is 0. The molecule has 4 rings (SSSR count). The molecule has 0 heterocycles. The normalized spacial score (nSPS) is 9.91. The van der Waals surface area contributed by atoms with Crippen molar-refractivity contribution in [2.45, 2.75) is 13.8 Å². The van der Waals surface area contributed by atoms with Gasteiger partial charge in [-0.05, 0) is 74.5 Å². The molecule has 2 amide bonds. The molecular weight excluding hydrogens is 432 g/mol. The fourth-order valence-corrected chi connectivity index (χ4v) is 3.00. The number of benzene rings is 4. The molecule has 0 unspecified atom stereocenters. The molecule has 33 heavy (non-hydrogen) atoms. The molecule has 0 saturated carbocycles. The minimum absolute atomic E-state index is 0.0792. The molecule has 166 valence electrons. The quantitative estimate of drug-likeness (QED) is 0.342. The van der Waals surface area contributed by atoms with Crippen LogP contribution in [0.5, 0.6) is 0 Å². The summed E-state index contributed by atoms with van der Waals surface area (Å²) in [4.78, 5) is 23.6. The van der Waals surface area contributed by atoms with Crippen LogP contribution in [-0.2, 0) is 0 Å². The first-order valence-electron chi connectivity index (χ1n) is 10.5. The maximum atomic E-state index is 11.9. The van der Waals surface area contributed by atoms with Crippen LogP contribution in [0.4, 0.5) is 11.4 Å². The number of carbonyl (C=O) groups is 2. The fourth-order valence-electron chi connectivity index (χ4n) is 2.87. The van der Waals surface area contributed by atoms with E-state index in [1.807, 2.05) is 80.6 Å². The van der Waals surface area contributed by atoms with E-state index in [9.17, 15) is 9.59 Å². The van der Waals surface area contributed by atoms with Gasteiger partial charge in [-0.1, -0.05) is 65.2 Å². The largest absolute Gasteiger partial charge is 0.322 e. The number of amides is 2. The third-order valence-corrected chi connectivity index (χ3v) is 5.01. The van der Waals surface area contributed by atoms with Crippen molar-refractivity contribution in [1.29, 1.82) is 0 Å². The highest BCUT2D eigenvalue weighted by atomic mass is 35.5. The average Bonchev–Trinajstić information content (AvgIpc) is 2.83. The summed E-state index contributed by atoms with van der Waals surface area (Å²) in [5, 5.41) is 6.29. The van der Waals surface area contributed by atoms with Crippen LogP contribution in [0.2, 0.25) is 5.02 Å². The SMILES string of the molecule is Cc1ccc(NC(=O)c2ccc(Cl)cc2)cc1.Cc1ccc(NC(=O)c2ccccc2)cc1. The Labute approximate surface area is 199 Å². The molecule has 5 heteroatoms. The maximum absolute atomic E-state index is 11.9. The van der Waals surface area contributed by atoms with Crippen molar-refractivity contribution < 1.29 is 9.59 Å². The van der Waals surface area contributed by atoms with E-state index in [2.05, 4.69) is 10.6 Å². The Bertz CT molecular complexity index is 1190. The second-order valence-corrected chi connectivity index (χ2v) is 7.95. The van der Waals surface area contributed by atoms with Gasteiger partial charge in [-0.2, -0.15) is 0 Å². The lowest BCUT2D eigenvalue weighted by molar-refractivity contribution is 0.101. The van der Waals surface area contributed by atoms with Gasteiger partial charge in [-0.15, -0.1) is 0 Å². The smallest absolute Gasteiger partial charge is 0.255 e. The van der Waals surface area contributed by atoms with Crippen LogP contribution < -0.4 is 10.6 Å². The molecule has 0 aliphatic carbocycles. The minimum Gasteiger partial charge on any atom is -0.322 e. The van der Waals surface area contributed by atoms with Crippen LogP contribution in [-0.4, -0.2) is 11.8 Å². The summed E-state index contributed by atoms with van der Waals surface area (Å²) in [6.07, 6.45) is 0. The van der Waals surface area contributed by atoms with Gasteiger partial charge in [0.15, 0.2) is 0 Å². The Kier molecular flexibility index (Phi) is 8.39. The molecule has 4 aromatic rings. The van der Waals surface area contributed by atoms with Crippen molar-refractivity contribution in [3.63, 3.8) is 0 Å². The van der Waals surface area contributed by atoms with E-state index < -0.39 is 0 Å². The molecule has 4 aromatic carbocycles. The predicted octanol–water partition coefficient (Wildman–Crippen LogP) is 7.15. The molecule has 0 aromatic heterocycles. The van der Waals surface area contributed by atoms with E-state index in [0.717, 1.165) is 16.9 Å². The first-order valence-corrected chi connectivity index (χ1v) is 10.8. The zero-order chi connectivity index (χ0) is 23.6. The molecule has 0 aliphatic rings. The minimum atomic E-state index is -0.134. The van der Waals surface area contributed by atoms with Crippen molar-refractivity contribution in [2.24, 2.45) is 0 Å². The first kappa shape index (κ1) is 23.8. The molecule has 2 N–H and O–H groups in total. The Morgan fingerprint density at radius 1 is 0.545 bits per heavy atom. The van der Waals surface area contributed by atoms with Crippen molar-refractivity contribution in [1.82, 2.24) is 0 Å². The highest BCUT2D eigenvalue weighted by molar-refractivity contribution is 6.30. The van der Waals surface area contributed by atoms with Crippen molar-refractivity contribution in [3.8, 4) is 0 Å². The number of nitrogens with one attached hydrogen (secondary N) is 2.